The number of ketones is 1. The van der Waals surface area contributed by atoms with Crippen LogP contribution in [0.4, 0.5) is 0 Å². The number of halogens is 1. The topological polar surface area (TPSA) is 70.1 Å². The number of rotatable bonds is 8. The summed E-state index contributed by atoms with van der Waals surface area (Å²) < 4.78 is 5.90. The maximum Gasteiger partial charge on any atom is 0.295 e. The fourth-order valence-electron chi connectivity index (χ4n) is 4.24. The van der Waals surface area contributed by atoms with Gasteiger partial charge in [0, 0.05) is 23.7 Å². The normalized spacial score (nSPS) is 17.1. The highest BCUT2D eigenvalue weighted by Crippen LogP contribution is 2.40. The van der Waals surface area contributed by atoms with Gasteiger partial charge in [-0.15, -0.1) is 0 Å². The van der Waals surface area contributed by atoms with Gasteiger partial charge in [0.15, 0.2) is 0 Å². The van der Waals surface area contributed by atoms with E-state index in [1.807, 2.05) is 50.2 Å². The van der Waals surface area contributed by atoms with Crippen LogP contribution in [0.15, 0.2) is 78.4 Å². The molecule has 1 fully saturated rings. The summed E-state index contributed by atoms with van der Waals surface area (Å²) in [5, 5.41) is 11.7. The third-order valence-corrected chi connectivity index (χ3v) is 6.51. The molecular formula is C29H29ClN2O4. The Balaban J connectivity index is 1.65. The molecule has 0 radical (unpaired) electrons. The second-order valence-electron chi connectivity index (χ2n) is 9.09. The molecule has 186 valence electrons. The Morgan fingerprint density at radius 2 is 1.75 bits per heavy atom. The van der Waals surface area contributed by atoms with E-state index in [0.29, 0.717) is 41.6 Å². The van der Waals surface area contributed by atoms with Gasteiger partial charge in [-0.1, -0.05) is 48.0 Å². The van der Waals surface area contributed by atoms with Gasteiger partial charge < -0.3 is 19.6 Å². The number of likely N-dealkylation sites (tertiary alicyclic amines) is 1. The number of ether oxygens (including phenoxy) is 1. The lowest BCUT2D eigenvalue weighted by Gasteiger charge is -2.26. The molecule has 0 spiro atoms. The van der Waals surface area contributed by atoms with Gasteiger partial charge in [0.05, 0.1) is 11.6 Å². The molecule has 1 aliphatic rings. The Morgan fingerprint density at radius 1 is 1.03 bits per heavy atom. The minimum Gasteiger partial charge on any atom is -0.507 e. The quantitative estimate of drug-likeness (QED) is 0.259. The number of aryl methyl sites for hydroxylation is 1. The Bertz CT molecular complexity index is 1300. The predicted molar refractivity (Wildman–Crippen MR) is 141 cm³/mol. The number of Topliss-reactive ketones (excluding diaryl/α,β-unsaturated/α-hetero) is 1. The van der Waals surface area contributed by atoms with Crippen LogP contribution in [0.25, 0.3) is 5.76 Å². The SMILES string of the molecule is Cc1ccccc1COc1ccc(/C(O)=C2\C(=O)C(=O)N(CCN(C)C)C2c2cccc(Cl)c2)cc1. The van der Waals surface area contributed by atoms with Crippen molar-refractivity contribution in [3.8, 4) is 5.75 Å². The van der Waals surface area contributed by atoms with Gasteiger partial charge in [0.25, 0.3) is 11.7 Å². The minimum absolute atomic E-state index is 0.0506. The van der Waals surface area contributed by atoms with Crippen LogP contribution in [-0.4, -0.2) is 53.8 Å². The molecule has 1 unspecified atom stereocenters. The minimum atomic E-state index is -0.736. The molecule has 36 heavy (non-hydrogen) atoms. The van der Waals surface area contributed by atoms with Crippen LogP contribution in [0, 0.1) is 6.92 Å². The summed E-state index contributed by atoms with van der Waals surface area (Å²) in [6, 6.07) is 21.1. The fraction of sp³-hybridized carbons (Fsp3) is 0.241. The van der Waals surface area contributed by atoms with Crippen molar-refractivity contribution < 1.29 is 19.4 Å². The lowest BCUT2D eigenvalue weighted by Crippen LogP contribution is -2.35. The van der Waals surface area contributed by atoms with E-state index < -0.39 is 17.7 Å². The monoisotopic (exact) mass is 504 g/mol. The second kappa shape index (κ2) is 11.0. The Morgan fingerprint density at radius 3 is 2.42 bits per heavy atom. The first-order valence-electron chi connectivity index (χ1n) is 11.7. The highest BCUT2D eigenvalue weighted by Gasteiger charge is 2.45. The van der Waals surface area contributed by atoms with Crippen molar-refractivity contribution in [2.24, 2.45) is 0 Å². The van der Waals surface area contributed by atoms with E-state index in [-0.39, 0.29) is 11.3 Å². The summed E-state index contributed by atoms with van der Waals surface area (Å²) in [5.41, 5.74) is 3.38. The Labute approximate surface area is 216 Å². The van der Waals surface area contributed by atoms with E-state index in [1.54, 1.807) is 48.5 Å². The summed E-state index contributed by atoms with van der Waals surface area (Å²) in [6.45, 7) is 3.35. The molecule has 1 heterocycles. The van der Waals surface area contributed by atoms with Crippen molar-refractivity contribution in [3.05, 3.63) is 106 Å². The molecule has 1 N–H and O–H groups in total. The highest BCUT2D eigenvalue weighted by molar-refractivity contribution is 6.46. The van der Waals surface area contributed by atoms with Crippen LogP contribution in [0.1, 0.15) is 28.3 Å². The van der Waals surface area contributed by atoms with Crippen LogP contribution in [0.5, 0.6) is 5.75 Å². The van der Waals surface area contributed by atoms with Crippen LogP contribution in [0.2, 0.25) is 5.02 Å². The van der Waals surface area contributed by atoms with Crippen molar-refractivity contribution in [2.45, 2.75) is 19.6 Å². The lowest BCUT2D eigenvalue weighted by atomic mass is 9.95. The van der Waals surface area contributed by atoms with E-state index in [4.69, 9.17) is 16.3 Å². The fourth-order valence-corrected chi connectivity index (χ4v) is 4.44. The Hall–Kier alpha value is -3.61. The number of amides is 1. The van der Waals surface area contributed by atoms with Gasteiger partial charge in [-0.2, -0.15) is 0 Å². The first-order valence-corrected chi connectivity index (χ1v) is 12.1. The molecule has 1 atom stereocenters. The van der Waals surface area contributed by atoms with Gasteiger partial charge in [-0.05, 0) is 74.1 Å². The number of likely N-dealkylation sites (N-methyl/N-ethyl adjacent to an activating group) is 1. The number of hydrogen-bond acceptors (Lipinski definition) is 5. The number of carbonyl (C=O) groups is 2. The van der Waals surface area contributed by atoms with E-state index in [0.717, 1.165) is 11.1 Å². The third-order valence-electron chi connectivity index (χ3n) is 6.28. The van der Waals surface area contributed by atoms with Gasteiger partial charge in [-0.25, -0.2) is 0 Å². The average molecular weight is 505 g/mol. The summed E-state index contributed by atoms with van der Waals surface area (Å²) in [7, 11) is 3.79. The number of benzene rings is 3. The van der Waals surface area contributed by atoms with Crippen LogP contribution < -0.4 is 4.74 Å². The van der Waals surface area contributed by atoms with Gasteiger partial charge >= 0.3 is 0 Å². The highest BCUT2D eigenvalue weighted by atomic mass is 35.5. The molecule has 1 amide bonds. The zero-order chi connectivity index (χ0) is 25.8. The number of aliphatic hydroxyl groups excluding tert-OH is 1. The molecule has 0 aromatic heterocycles. The molecular weight excluding hydrogens is 476 g/mol. The molecule has 3 aromatic carbocycles. The maximum atomic E-state index is 13.1. The number of hydrogen-bond donors (Lipinski definition) is 1. The first-order chi connectivity index (χ1) is 17.3. The molecule has 7 heteroatoms. The zero-order valence-electron chi connectivity index (χ0n) is 20.6. The Kier molecular flexibility index (Phi) is 7.77. The van der Waals surface area contributed by atoms with Crippen LogP contribution >= 0.6 is 11.6 Å². The standard InChI is InChI=1S/C29H29ClN2O4/c1-19-7-4-5-8-22(19)18-36-24-13-11-20(12-14-24)27(33)25-26(21-9-6-10-23(30)17-21)32(16-15-31(2)3)29(35)28(25)34/h4-14,17,26,33H,15-16,18H2,1-3H3/b27-25+. The number of nitrogens with zero attached hydrogens (tertiary/aromatic N) is 2. The van der Waals surface area contributed by atoms with Crippen molar-refractivity contribution in [1.29, 1.82) is 0 Å². The maximum absolute atomic E-state index is 13.1. The van der Waals surface area contributed by atoms with Crippen molar-refractivity contribution in [2.75, 3.05) is 27.2 Å². The van der Waals surface area contributed by atoms with E-state index in [1.165, 1.54) is 4.90 Å². The summed E-state index contributed by atoms with van der Waals surface area (Å²) in [4.78, 5) is 29.5. The molecule has 1 saturated heterocycles. The molecule has 1 aliphatic heterocycles. The first kappa shape index (κ1) is 25.5. The second-order valence-corrected chi connectivity index (χ2v) is 9.53. The van der Waals surface area contributed by atoms with E-state index in [9.17, 15) is 14.7 Å². The van der Waals surface area contributed by atoms with Crippen molar-refractivity contribution >= 4 is 29.1 Å². The smallest absolute Gasteiger partial charge is 0.295 e. The number of carbonyl (C=O) groups excluding carboxylic acids is 2. The zero-order valence-corrected chi connectivity index (χ0v) is 21.3. The molecule has 0 bridgehead atoms. The summed E-state index contributed by atoms with van der Waals surface area (Å²) >= 11 is 6.23. The molecule has 0 saturated carbocycles. The summed E-state index contributed by atoms with van der Waals surface area (Å²) in [6.07, 6.45) is 0. The van der Waals surface area contributed by atoms with Gasteiger partial charge in [0.1, 0.15) is 18.1 Å². The number of aliphatic hydroxyl groups is 1. The van der Waals surface area contributed by atoms with E-state index in [2.05, 4.69) is 0 Å². The van der Waals surface area contributed by atoms with Crippen LogP contribution in [-0.2, 0) is 16.2 Å². The summed E-state index contributed by atoms with van der Waals surface area (Å²) in [5.74, 6) is -0.943. The predicted octanol–water partition coefficient (Wildman–Crippen LogP) is 5.21. The van der Waals surface area contributed by atoms with E-state index >= 15 is 0 Å². The molecule has 3 aromatic rings. The van der Waals surface area contributed by atoms with Crippen molar-refractivity contribution in [1.82, 2.24) is 9.80 Å². The third kappa shape index (κ3) is 5.45. The molecule has 0 aliphatic carbocycles. The molecule has 6 nitrogen and oxygen atoms in total. The average Bonchev–Trinajstić information content (AvgIpc) is 3.12. The largest absolute Gasteiger partial charge is 0.507 e. The van der Waals surface area contributed by atoms with Gasteiger partial charge in [-0.3, -0.25) is 9.59 Å². The molecule has 4 rings (SSSR count). The lowest BCUT2D eigenvalue weighted by molar-refractivity contribution is -0.140. The van der Waals surface area contributed by atoms with Crippen molar-refractivity contribution in [3.63, 3.8) is 0 Å². The van der Waals surface area contributed by atoms with Gasteiger partial charge in [0.2, 0.25) is 0 Å². The van der Waals surface area contributed by atoms with Crippen LogP contribution in [0.3, 0.4) is 0 Å².